The van der Waals surface area contributed by atoms with E-state index in [0.717, 1.165) is 12.8 Å². The third-order valence-corrected chi connectivity index (χ3v) is 5.13. The van der Waals surface area contributed by atoms with Crippen molar-refractivity contribution in [2.24, 2.45) is 5.92 Å². The molecule has 1 heterocycles. The van der Waals surface area contributed by atoms with Crippen LogP contribution in [0.1, 0.15) is 29.8 Å². The molecule has 0 fully saturated rings. The van der Waals surface area contributed by atoms with E-state index < -0.39 is 5.91 Å². The molecule has 0 saturated heterocycles. The third kappa shape index (κ3) is 5.22. The van der Waals surface area contributed by atoms with Crippen LogP contribution in [0.5, 0.6) is 0 Å². The van der Waals surface area contributed by atoms with Crippen LogP contribution < -0.4 is 10.6 Å². The zero-order valence-electron chi connectivity index (χ0n) is 16.8. The third-order valence-electron chi connectivity index (χ3n) is 5.13. The Balaban J connectivity index is 1.47. The van der Waals surface area contributed by atoms with E-state index in [2.05, 4.69) is 27.8 Å². The van der Waals surface area contributed by atoms with Crippen LogP contribution in [-0.4, -0.2) is 16.8 Å². The van der Waals surface area contributed by atoms with Crippen LogP contribution in [0.3, 0.4) is 0 Å². The number of carbonyl (C=O) groups is 2. The van der Waals surface area contributed by atoms with Crippen molar-refractivity contribution in [3.8, 4) is 11.3 Å². The molecule has 0 spiro atoms. The Kier molecular flexibility index (Phi) is 6.17. The fourth-order valence-electron chi connectivity index (χ4n) is 3.53. The van der Waals surface area contributed by atoms with Crippen molar-refractivity contribution in [3.63, 3.8) is 0 Å². The minimum atomic E-state index is -0.399. The normalized spacial score (nSPS) is 14.9. The maximum absolute atomic E-state index is 13.2. The summed E-state index contributed by atoms with van der Waals surface area (Å²) in [5.41, 5.74) is 2.54. The molecule has 1 aliphatic carbocycles. The van der Waals surface area contributed by atoms with Crippen LogP contribution in [0.15, 0.2) is 78.9 Å². The zero-order valence-corrected chi connectivity index (χ0v) is 16.8. The molecular weight excluding hydrogens is 393 g/mol. The Morgan fingerprint density at radius 2 is 1.68 bits per heavy atom. The summed E-state index contributed by atoms with van der Waals surface area (Å²) in [5, 5.41) is 5.72. The first-order valence-corrected chi connectivity index (χ1v) is 10.2. The molecule has 3 aromatic rings. The second-order valence-electron chi connectivity index (χ2n) is 7.43. The van der Waals surface area contributed by atoms with Crippen molar-refractivity contribution in [2.45, 2.75) is 19.3 Å². The number of nitrogens with zero attached hydrogens (tertiary/aromatic N) is 1. The number of pyridine rings is 1. The Morgan fingerprint density at radius 3 is 2.39 bits per heavy atom. The number of carbonyl (C=O) groups excluding carboxylic acids is 2. The molecule has 2 aromatic carbocycles. The molecule has 1 unspecified atom stereocenters. The first kappa shape index (κ1) is 20.5. The van der Waals surface area contributed by atoms with E-state index in [1.54, 1.807) is 54.6 Å². The van der Waals surface area contributed by atoms with E-state index in [0.29, 0.717) is 29.1 Å². The highest BCUT2D eigenvalue weighted by molar-refractivity contribution is 6.06. The number of nitrogens with one attached hydrogen (secondary N) is 2. The topological polar surface area (TPSA) is 71.1 Å². The summed E-state index contributed by atoms with van der Waals surface area (Å²) in [4.78, 5) is 29.6. The van der Waals surface area contributed by atoms with Gasteiger partial charge in [0, 0.05) is 12.0 Å². The monoisotopic (exact) mass is 415 g/mol. The predicted octanol–water partition coefficient (Wildman–Crippen LogP) is 5.43. The van der Waals surface area contributed by atoms with Crippen LogP contribution in [0.4, 0.5) is 15.8 Å². The second-order valence-corrected chi connectivity index (χ2v) is 7.43. The number of amides is 2. The van der Waals surface area contributed by atoms with E-state index in [1.165, 1.54) is 12.1 Å². The van der Waals surface area contributed by atoms with Gasteiger partial charge in [-0.05, 0) is 67.3 Å². The smallest absolute Gasteiger partial charge is 0.274 e. The Hall–Kier alpha value is -3.80. The van der Waals surface area contributed by atoms with Gasteiger partial charge < -0.3 is 10.6 Å². The number of anilines is 2. The lowest BCUT2D eigenvalue weighted by Crippen LogP contribution is -2.18. The van der Waals surface area contributed by atoms with Gasteiger partial charge in [-0.15, -0.1) is 0 Å². The first-order valence-electron chi connectivity index (χ1n) is 10.2. The molecule has 2 N–H and O–H groups in total. The van der Waals surface area contributed by atoms with Crippen molar-refractivity contribution in [2.75, 3.05) is 10.6 Å². The van der Waals surface area contributed by atoms with Gasteiger partial charge in [0.1, 0.15) is 11.5 Å². The summed E-state index contributed by atoms with van der Waals surface area (Å²) in [6, 6.07) is 18.1. The van der Waals surface area contributed by atoms with E-state index >= 15 is 0 Å². The lowest BCUT2D eigenvalue weighted by Gasteiger charge is -2.13. The fraction of sp³-hybridized carbons (Fsp3) is 0.160. The van der Waals surface area contributed by atoms with Gasteiger partial charge in [-0.25, -0.2) is 9.37 Å². The molecule has 6 heteroatoms. The summed E-state index contributed by atoms with van der Waals surface area (Å²) in [6.45, 7) is 0. The molecule has 31 heavy (non-hydrogen) atoms. The van der Waals surface area contributed by atoms with Gasteiger partial charge in [0.05, 0.1) is 17.1 Å². The van der Waals surface area contributed by atoms with Crippen molar-refractivity contribution in [3.05, 3.63) is 90.4 Å². The lowest BCUT2D eigenvalue weighted by atomic mass is 10.0. The summed E-state index contributed by atoms with van der Waals surface area (Å²) < 4.78 is 13.2. The average molecular weight is 415 g/mol. The van der Waals surface area contributed by atoms with Gasteiger partial charge >= 0.3 is 0 Å². The SMILES string of the molecule is O=C(CC1C=CCC1)Nc1ccccc1NC(=O)c1cccc(-c2ccc(F)cc2)n1. The van der Waals surface area contributed by atoms with Crippen molar-refractivity contribution >= 4 is 23.2 Å². The van der Waals surface area contributed by atoms with Crippen LogP contribution >= 0.6 is 0 Å². The molecule has 0 saturated carbocycles. The van der Waals surface area contributed by atoms with Gasteiger partial charge in [0.25, 0.3) is 5.91 Å². The quantitative estimate of drug-likeness (QED) is 0.527. The van der Waals surface area contributed by atoms with Crippen LogP contribution in [-0.2, 0) is 4.79 Å². The average Bonchev–Trinajstić information content (AvgIpc) is 3.28. The van der Waals surface area contributed by atoms with Gasteiger partial charge in [-0.3, -0.25) is 9.59 Å². The molecule has 2 amide bonds. The van der Waals surface area contributed by atoms with Gasteiger partial charge in [0.15, 0.2) is 0 Å². The van der Waals surface area contributed by atoms with E-state index in [1.807, 2.05) is 0 Å². The second kappa shape index (κ2) is 9.34. The first-order chi connectivity index (χ1) is 15.1. The summed E-state index contributed by atoms with van der Waals surface area (Å²) >= 11 is 0. The Bertz CT molecular complexity index is 1130. The number of benzene rings is 2. The van der Waals surface area contributed by atoms with Crippen LogP contribution in [0.25, 0.3) is 11.3 Å². The molecule has 0 aliphatic heterocycles. The van der Waals surface area contributed by atoms with Gasteiger partial charge in [-0.2, -0.15) is 0 Å². The summed E-state index contributed by atoms with van der Waals surface area (Å²) in [6.07, 6.45) is 6.59. The number of rotatable bonds is 6. The fourth-order valence-corrected chi connectivity index (χ4v) is 3.53. The number of para-hydroxylation sites is 2. The van der Waals surface area contributed by atoms with E-state index in [9.17, 15) is 14.0 Å². The van der Waals surface area contributed by atoms with Crippen molar-refractivity contribution in [1.29, 1.82) is 0 Å². The molecule has 1 atom stereocenters. The molecule has 156 valence electrons. The Labute approximate surface area is 180 Å². The molecule has 0 radical (unpaired) electrons. The number of aromatic nitrogens is 1. The van der Waals surface area contributed by atoms with Crippen molar-refractivity contribution in [1.82, 2.24) is 4.98 Å². The van der Waals surface area contributed by atoms with Gasteiger partial charge in [-0.1, -0.05) is 30.4 Å². The molecule has 5 nitrogen and oxygen atoms in total. The maximum atomic E-state index is 13.2. The largest absolute Gasteiger partial charge is 0.324 e. The lowest BCUT2D eigenvalue weighted by molar-refractivity contribution is -0.116. The maximum Gasteiger partial charge on any atom is 0.274 e. The number of allylic oxidation sites excluding steroid dienone is 2. The molecular formula is C25H22FN3O2. The van der Waals surface area contributed by atoms with Crippen LogP contribution in [0.2, 0.25) is 0 Å². The standard InChI is InChI=1S/C25H22FN3O2/c26-19-14-12-18(13-15-19)20-10-5-11-23(27-20)25(31)29-22-9-4-3-8-21(22)28-24(30)16-17-6-1-2-7-17/h1,3-6,8-15,17H,2,7,16H2,(H,28,30)(H,29,31). The highest BCUT2D eigenvalue weighted by atomic mass is 19.1. The minimum Gasteiger partial charge on any atom is -0.324 e. The predicted molar refractivity (Wildman–Crippen MR) is 119 cm³/mol. The summed E-state index contributed by atoms with van der Waals surface area (Å²) in [5.74, 6) is -0.556. The number of hydrogen-bond acceptors (Lipinski definition) is 3. The highest BCUT2D eigenvalue weighted by Crippen LogP contribution is 2.25. The zero-order chi connectivity index (χ0) is 21.6. The van der Waals surface area contributed by atoms with Gasteiger partial charge in [0.2, 0.25) is 5.91 Å². The molecule has 0 bridgehead atoms. The molecule has 1 aromatic heterocycles. The molecule has 1 aliphatic rings. The summed E-state index contributed by atoms with van der Waals surface area (Å²) in [7, 11) is 0. The van der Waals surface area contributed by atoms with Crippen molar-refractivity contribution < 1.29 is 14.0 Å². The number of hydrogen-bond donors (Lipinski definition) is 2. The molecule has 4 rings (SSSR count). The van der Waals surface area contributed by atoms with Crippen LogP contribution in [0, 0.1) is 11.7 Å². The minimum absolute atomic E-state index is 0.0883. The van der Waals surface area contributed by atoms with E-state index in [-0.39, 0.29) is 23.3 Å². The number of halogens is 1. The van der Waals surface area contributed by atoms with E-state index in [4.69, 9.17) is 0 Å². The Morgan fingerprint density at radius 1 is 0.935 bits per heavy atom. The highest BCUT2D eigenvalue weighted by Gasteiger charge is 2.16.